The normalized spacial score (nSPS) is 12.7. The molecule has 0 amide bonds. The number of carboxylic acid groups (broad SMARTS) is 1. The minimum Gasteiger partial charge on any atom is -0.481 e. The Kier molecular flexibility index (Phi) is 16.2. The summed E-state index contributed by atoms with van der Waals surface area (Å²) in [7, 11) is 9.19. The Morgan fingerprint density at radius 2 is 0.966 bits per heavy atom. The van der Waals surface area contributed by atoms with Gasteiger partial charge >= 0.3 is 5.97 Å². The SMILES string of the molecule is CCC(=O)O.OCC(CO)(C(O)SSc1nc2ccccc2s1)C(OSSc1nc2ccccc2s1)(SSc1nc2ccccc2s1)SSc1nc2ccccc2s1. The molecule has 4 N–H and O–H groups in total. The fraction of sp³-hybridized carbons (Fsp3) is 0.194. The van der Waals surface area contributed by atoms with Crippen molar-refractivity contribution in [3.63, 3.8) is 0 Å². The maximum absolute atomic E-state index is 12.2. The van der Waals surface area contributed by atoms with Crippen LogP contribution in [-0.4, -0.2) is 69.2 Å². The summed E-state index contributed by atoms with van der Waals surface area (Å²) in [6.07, 6.45) is 0.222. The van der Waals surface area contributed by atoms with Crippen molar-refractivity contribution in [1.82, 2.24) is 19.9 Å². The molecule has 58 heavy (non-hydrogen) atoms. The molecule has 0 aliphatic carbocycles. The standard InChI is InChI=1S/C33H24N4O4S12.C3H6O2/c38-17-32(18-39,27(40)46-47-28-34-19-9-1-5-13-23(19)42-28)33(51-48-29-35-20-10-2-6-14-24(20)43-29,52-49-30-36-21-11-3-7-15-25(21)44-30)41-53-50-31-37-22-12-4-8-16-26(22)45-31;1-2-3(4)5/h1-16,27,38-40H,17-18H2;2H2,1H3,(H,4,5). The molecule has 1 unspecified atom stereocenters. The number of fused-ring (bicyclic) bond motifs is 4. The molecule has 0 radical (unpaired) electrons. The van der Waals surface area contributed by atoms with Crippen LogP contribution in [0.1, 0.15) is 13.3 Å². The van der Waals surface area contributed by atoms with Crippen molar-refractivity contribution < 1.29 is 29.4 Å². The molecule has 0 fully saturated rings. The van der Waals surface area contributed by atoms with Gasteiger partial charge in [-0.3, -0.25) is 8.98 Å². The van der Waals surface area contributed by atoms with Gasteiger partial charge in [0.1, 0.15) is 10.9 Å². The smallest absolute Gasteiger partial charge is 0.303 e. The van der Waals surface area contributed by atoms with E-state index in [0.29, 0.717) is 0 Å². The molecule has 0 bridgehead atoms. The van der Waals surface area contributed by atoms with Crippen molar-refractivity contribution in [3.8, 4) is 0 Å². The van der Waals surface area contributed by atoms with Gasteiger partial charge in [-0.25, -0.2) is 19.9 Å². The zero-order valence-corrected chi connectivity index (χ0v) is 39.5. The van der Waals surface area contributed by atoms with E-state index in [1.165, 1.54) is 76.1 Å². The summed E-state index contributed by atoms with van der Waals surface area (Å²) in [6, 6.07) is 31.7. The van der Waals surface area contributed by atoms with Gasteiger partial charge in [-0.15, -0.1) is 45.3 Å². The lowest BCUT2D eigenvalue weighted by Gasteiger charge is -2.46. The Hall–Kier alpha value is -1.45. The predicted octanol–water partition coefficient (Wildman–Crippen LogP) is 12.5. The molecular formula is C36H30N4O6S12. The summed E-state index contributed by atoms with van der Waals surface area (Å²) in [5, 5.41) is 42.7. The molecule has 10 nitrogen and oxygen atoms in total. The number of hydrogen-bond acceptors (Lipinski definition) is 21. The molecule has 22 heteroatoms. The number of hydrogen-bond donors (Lipinski definition) is 4. The number of rotatable bonds is 18. The van der Waals surface area contributed by atoms with Crippen LogP contribution in [0.4, 0.5) is 0 Å². The van der Waals surface area contributed by atoms with Crippen LogP contribution in [0.15, 0.2) is 114 Å². The average molecular weight is 999 g/mol. The summed E-state index contributed by atoms with van der Waals surface area (Å²) in [6.45, 7) is 0.415. The Labute approximate surface area is 380 Å². The van der Waals surface area contributed by atoms with E-state index in [4.69, 9.17) is 29.2 Å². The number of aliphatic hydroxyl groups excluding tert-OH is 3. The molecule has 0 aliphatic heterocycles. The molecule has 302 valence electrons. The van der Waals surface area contributed by atoms with Crippen LogP contribution in [0.3, 0.4) is 0 Å². The number of benzene rings is 4. The number of nitrogens with zero attached hydrogens (tertiary/aromatic N) is 4. The van der Waals surface area contributed by atoms with Crippen LogP contribution >= 0.6 is 132 Å². The van der Waals surface area contributed by atoms with Gasteiger partial charge < -0.3 is 20.4 Å². The van der Waals surface area contributed by atoms with Gasteiger partial charge in [-0.2, -0.15) is 0 Å². The van der Waals surface area contributed by atoms with Crippen LogP contribution in [-0.2, 0) is 8.98 Å². The largest absolute Gasteiger partial charge is 0.481 e. The first kappa shape index (κ1) is 44.6. The van der Waals surface area contributed by atoms with Crippen molar-refractivity contribution in [3.05, 3.63) is 97.1 Å². The van der Waals surface area contributed by atoms with Crippen LogP contribution in [0.2, 0.25) is 0 Å². The number of aliphatic hydroxyl groups is 3. The highest BCUT2D eigenvalue weighted by atomic mass is 33.1. The number of carbonyl (C=O) groups is 1. The van der Waals surface area contributed by atoms with E-state index >= 15 is 0 Å². The van der Waals surface area contributed by atoms with E-state index in [1.807, 2.05) is 97.1 Å². The molecule has 0 aliphatic rings. The van der Waals surface area contributed by atoms with Crippen molar-refractivity contribution in [1.29, 1.82) is 0 Å². The van der Waals surface area contributed by atoms with E-state index in [2.05, 4.69) is 0 Å². The lowest BCUT2D eigenvalue weighted by atomic mass is 9.91. The van der Waals surface area contributed by atoms with E-state index in [9.17, 15) is 20.1 Å². The Balaban J connectivity index is 0.000000966. The van der Waals surface area contributed by atoms with Crippen molar-refractivity contribution in [2.75, 3.05) is 13.2 Å². The second kappa shape index (κ2) is 21.1. The highest BCUT2D eigenvalue weighted by Crippen LogP contribution is 2.66. The first-order valence-corrected chi connectivity index (χ1v) is 28.7. The van der Waals surface area contributed by atoms with Crippen LogP contribution in [0.25, 0.3) is 40.9 Å². The molecular weight excluding hydrogens is 969 g/mol. The zero-order valence-electron chi connectivity index (χ0n) is 29.7. The Morgan fingerprint density at radius 3 is 1.31 bits per heavy atom. The Bertz CT molecular complexity index is 2390. The van der Waals surface area contributed by atoms with Gasteiger partial charge in [-0.05, 0) is 103 Å². The minimum absolute atomic E-state index is 0.222. The van der Waals surface area contributed by atoms with E-state index in [0.717, 1.165) is 80.1 Å². The summed E-state index contributed by atoms with van der Waals surface area (Å²) < 4.78 is 12.6. The third kappa shape index (κ3) is 10.6. The lowest BCUT2D eigenvalue weighted by Crippen LogP contribution is -2.55. The van der Waals surface area contributed by atoms with Crippen LogP contribution in [0.5, 0.6) is 0 Å². The monoisotopic (exact) mass is 998 g/mol. The van der Waals surface area contributed by atoms with Gasteiger partial charge in [0.15, 0.2) is 17.4 Å². The average Bonchev–Trinajstić information content (AvgIpc) is 4.05. The maximum Gasteiger partial charge on any atom is 0.303 e. The first-order valence-electron chi connectivity index (χ1n) is 16.9. The molecule has 0 saturated heterocycles. The lowest BCUT2D eigenvalue weighted by molar-refractivity contribution is -0.136. The summed E-state index contributed by atoms with van der Waals surface area (Å²) in [5.41, 5.74) is 0.593. The molecule has 4 aromatic carbocycles. The van der Waals surface area contributed by atoms with Gasteiger partial charge in [0.25, 0.3) is 0 Å². The molecule has 1 atom stereocenters. The molecule has 4 heterocycles. The highest BCUT2D eigenvalue weighted by Gasteiger charge is 2.60. The van der Waals surface area contributed by atoms with Gasteiger partial charge in [0.05, 0.1) is 65.2 Å². The summed E-state index contributed by atoms with van der Waals surface area (Å²) in [5.74, 6) is -0.745. The van der Waals surface area contributed by atoms with Crippen molar-refractivity contribution in [2.45, 2.75) is 40.4 Å². The molecule has 8 rings (SSSR count). The number of thiazole rings is 4. The second-order valence-electron chi connectivity index (χ2n) is 11.7. The number of para-hydroxylation sites is 4. The topological polar surface area (TPSA) is 159 Å². The van der Waals surface area contributed by atoms with E-state index in [1.54, 1.807) is 40.9 Å². The molecule has 0 saturated carbocycles. The van der Waals surface area contributed by atoms with Gasteiger partial charge in [-0.1, -0.05) is 66.2 Å². The molecule has 4 aromatic heterocycles. The van der Waals surface area contributed by atoms with Crippen molar-refractivity contribution in [2.24, 2.45) is 5.41 Å². The number of aromatic nitrogens is 4. The van der Waals surface area contributed by atoms with Crippen LogP contribution < -0.4 is 0 Å². The highest BCUT2D eigenvalue weighted by molar-refractivity contribution is 8.86. The predicted molar refractivity (Wildman–Crippen MR) is 257 cm³/mol. The van der Waals surface area contributed by atoms with E-state index < -0.39 is 34.3 Å². The molecule has 8 aromatic rings. The fourth-order valence-corrected chi connectivity index (χ4v) is 21.7. The van der Waals surface area contributed by atoms with Gasteiger partial charge in [0.2, 0.25) is 4.27 Å². The Morgan fingerprint density at radius 1 is 0.621 bits per heavy atom. The minimum atomic E-state index is -1.62. The maximum atomic E-state index is 12.2. The number of carboxylic acids is 1. The fourth-order valence-electron chi connectivity index (χ4n) is 4.84. The molecule has 0 spiro atoms. The summed E-state index contributed by atoms with van der Waals surface area (Å²) >= 11 is 7.28. The third-order valence-corrected chi connectivity index (χ3v) is 24.6. The first-order chi connectivity index (χ1) is 28.2. The van der Waals surface area contributed by atoms with Crippen molar-refractivity contribution >= 4 is 179 Å². The number of aliphatic carboxylic acids is 1. The van der Waals surface area contributed by atoms with Gasteiger partial charge in [0, 0.05) is 17.2 Å². The zero-order chi connectivity index (χ0) is 40.5. The van der Waals surface area contributed by atoms with Crippen LogP contribution in [0, 0.1) is 5.41 Å². The summed E-state index contributed by atoms with van der Waals surface area (Å²) in [4.78, 5) is 28.5. The third-order valence-electron chi connectivity index (χ3n) is 7.95. The van der Waals surface area contributed by atoms with E-state index in [-0.39, 0.29) is 6.42 Å². The second-order valence-corrected chi connectivity index (χ2v) is 25.7. The quantitative estimate of drug-likeness (QED) is 0.0365.